The number of Topliss-reactive ketones (excluding diaryl/α,β-unsaturated/α-hetero) is 1. The van der Waals surface area contributed by atoms with Crippen LogP contribution in [0, 0.1) is 15.9 Å². The lowest BCUT2D eigenvalue weighted by Gasteiger charge is -2.25. The lowest BCUT2D eigenvalue weighted by Crippen LogP contribution is -2.49. The molecular weight excluding hydrogens is 485 g/mol. The first-order chi connectivity index (χ1) is 17.6. The number of carbonyl (C=O) groups is 4. The summed E-state index contributed by atoms with van der Waals surface area (Å²) in [7, 11) is 0. The number of amides is 3. The van der Waals surface area contributed by atoms with Crippen LogP contribution in [0.25, 0.3) is 10.9 Å². The molecule has 0 spiro atoms. The number of fused-ring (bicyclic) bond motifs is 1. The Morgan fingerprint density at radius 1 is 1.19 bits per heavy atom. The van der Waals surface area contributed by atoms with Crippen molar-refractivity contribution in [3.8, 4) is 0 Å². The summed E-state index contributed by atoms with van der Waals surface area (Å²) in [6.45, 7) is 0.777. The maximum Gasteiger partial charge on any atom is 0.274 e. The average molecular weight is 507 g/mol. The van der Waals surface area contributed by atoms with Crippen molar-refractivity contribution < 1.29 is 28.5 Å². The van der Waals surface area contributed by atoms with Crippen molar-refractivity contribution in [2.45, 2.75) is 25.4 Å². The number of pyridine rings is 1. The molecule has 11 nitrogen and oxygen atoms in total. The summed E-state index contributed by atoms with van der Waals surface area (Å²) in [5, 5.41) is 16.9. The third-order valence-corrected chi connectivity index (χ3v) is 6.01. The summed E-state index contributed by atoms with van der Waals surface area (Å²) in [6.07, 6.45) is -0.210. The van der Waals surface area contributed by atoms with Gasteiger partial charge < -0.3 is 15.5 Å². The molecule has 0 aliphatic carbocycles. The fourth-order valence-corrected chi connectivity index (χ4v) is 4.16. The number of para-hydroxylation sites is 1. The second-order valence-corrected chi connectivity index (χ2v) is 8.54. The number of aromatic nitrogens is 1. The molecular formula is C25H22FN5O6. The van der Waals surface area contributed by atoms with Gasteiger partial charge in [-0.15, -0.1) is 0 Å². The number of nitro groups is 1. The molecule has 190 valence electrons. The molecule has 3 aromatic rings. The molecule has 2 aromatic carbocycles. The Balaban J connectivity index is 1.40. The number of ketones is 1. The molecule has 1 saturated heterocycles. The minimum atomic E-state index is -1.11. The highest BCUT2D eigenvalue weighted by Gasteiger charge is 2.39. The van der Waals surface area contributed by atoms with Crippen LogP contribution >= 0.6 is 0 Å². The molecule has 37 heavy (non-hydrogen) atoms. The van der Waals surface area contributed by atoms with E-state index < -0.39 is 47.1 Å². The van der Waals surface area contributed by atoms with E-state index in [9.17, 15) is 33.7 Å². The van der Waals surface area contributed by atoms with Crippen molar-refractivity contribution in [2.24, 2.45) is 0 Å². The number of hydrogen-bond acceptors (Lipinski definition) is 7. The fourth-order valence-electron chi connectivity index (χ4n) is 4.16. The van der Waals surface area contributed by atoms with Gasteiger partial charge in [-0.05, 0) is 31.2 Å². The molecule has 0 saturated carbocycles. The zero-order valence-corrected chi connectivity index (χ0v) is 19.6. The van der Waals surface area contributed by atoms with Gasteiger partial charge in [-0.2, -0.15) is 0 Å². The molecule has 3 amide bonds. The summed E-state index contributed by atoms with van der Waals surface area (Å²) in [6, 6.07) is 10.9. The third-order valence-electron chi connectivity index (χ3n) is 6.01. The lowest BCUT2D eigenvalue weighted by atomic mass is 10.1. The standard InChI is InChI=1S/C25H22FN5O6/c1-14(18-4-2-3-5-21(18)31(36)37)28-25(35)22-11-17(32)13-30(22)23(33)12-27-24(34)20-8-6-15-10-16(26)7-9-19(15)29-20/h2-10,14,22H,11-13H2,1H3,(H,27,34)(H,28,35)/t14-,22+/m1/s1. The minimum absolute atomic E-state index is 0.0111. The average Bonchev–Trinajstić information content (AvgIpc) is 3.28. The monoisotopic (exact) mass is 507 g/mol. The van der Waals surface area contributed by atoms with Crippen LogP contribution in [0.2, 0.25) is 0 Å². The Bertz CT molecular complexity index is 1430. The number of carbonyl (C=O) groups excluding carboxylic acids is 4. The molecule has 2 heterocycles. The van der Waals surface area contributed by atoms with E-state index in [-0.39, 0.29) is 35.7 Å². The molecule has 12 heteroatoms. The van der Waals surface area contributed by atoms with E-state index in [4.69, 9.17) is 0 Å². The van der Waals surface area contributed by atoms with Crippen LogP contribution < -0.4 is 10.6 Å². The highest BCUT2D eigenvalue weighted by atomic mass is 19.1. The maximum atomic E-state index is 13.3. The van der Waals surface area contributed by atoms with Crippen LogP contribution in [0.1, 0.15) is 35.4 Å². The summed E-state index contributed by atoms with van der Waals surface area (Å²) in [4.78, 5) is 66.3. The fraction of sp³-hybridized carbons (Fsp3) is 0.240. The Hall–Kier alpha value is -4.74. The van der Waals surface area contributed by atoms with Gasteiger partial charge >= 0.3 is 0 Å². The smallest absolute Gasteiger partial charge is 0.274 e. The maximum absolute atomic E-state index is 13.3. The second-order valence-electron chi connectivity index (χ2n) is 8.54. The zero-order valence-electron chi connectivity index (χ0n) is 19.6. The van der Waals surface area contributed by atoms with Gasteiger partial charge in [0.15, 0.2) is 5.78 Å². The number of nitrogens with one attached hydrogen (secondary N) is 2. The molecule has 0 bridgehead atoms. The van der Waals surface area contributed by atoms with Crippen LogP contribution in [0.3, 0.4) is 0 Å². The van der Waals surface area contributed by atoms with Crippen molar-refractivity contribution in [3.63, 3.8) is 0 Å². The summed E-state index contributed by atoms with van der Waals surface area (Å²) >= 11 is 0. The second kappa shape index (κ2) is 10.5. The lowest BCUT2D eigenvalue weighted by molar-refractivity contribution is -0.385. The van der Waals surface area contributed by atoms with Crippen molar-refractivity contribution >= 4 is 40.1 Å². The highest BCUT2D eigenvalue weighted by Crippen LogP contribution is 2.25. The number of benzene rings is 2. The Morgan fingerprint density at radius 2 is 1.95 bits per heavy atom. The highest BCUT2D eigenvalue weighted by molar-refractivity contribution is 6.01. The molecule has 2 N–H and O–H groups in total. The first-order valence-corrected chi connectivity index (χ1v) is 11.3. The molecule has 1 aliphatic heterocycles. The Morgan fingerprint density at radius 3 is 2.70 bits per heavy atom. The topological polar surface area (TPSA) is 152 Å². The molecule has 0 unspecified atom stereocenters. The number of hydrogen-bond donors (Lipinski definition) is 2. The van der Waals surface area contributed by atoms with E-state index in [1.807, 2.05) is 0 Å². The van der Waals surface area contributed by atoms with E-state index >= 15 is 0 Å². The zero-order chi connectivity index (χ0) is 26.7. The number of halogens is 1. The van der Waals surface area contributed by atoms with Gasteiger partial charge in [-0.25, -0.2) is 9.37 Å². The van der Waals surface area contributed by atoms with Crippen LogP contribution in [-0.4, -0.2) is 57.4 Å². The molecule has 4 rings (SSSR count). The Labute approximate surface area is 209 Å². The van der Waals surface area contributed by atoms with Crippen molar-refractivity contribution in [1.82, 2.24) is 20.5 Å². The first-order valence-electron chi connectivity index (χ1n) is 11.3. The summed E-state index contributed by atoms with van der Waals surface area (Å²) in [5.41, 5.74) is 0.522. The minimum Gasteiger partial charge on any atom is -0.348 e. The van der Waals surface area contributed by atoms with E-state index in [0.717, 1.165) is 4.90 Å². The van der Waals surface area contributed by atoms with E-state index in [2.05, 4.69) is 15.6 Å². The molecule has 2 atom stereocenters. The van der Waals surface area contributed by atoms with Crippen LogP contribution in [0.4, 0.5) is 10.1 Å². The SMILES string of the molecule is C[C@@H](NC(=O)[C@@H]1CC(=O)CN1C(=O)CNC(=O)c1ccc2cc(F)ccc2n1)c1ccccc1[N+](=O)[O-]. The van der Waals surface area contributed by atoms with Gasteiger partial charge in [0.2, 0.25) is 11.8 Å². The van der Waals surface area contributed by atoms with Gasteiger partial charge in [0.25, 0.3) is 11.6 Å². The number of nitro benzene ring substituents is 1. The summed E-state index contributed by atoms with van der Waals surface area (Å²) < 4.78 is 13.3. The Kier molecular flexibility index (Phi) is 7.18. The predicted molar refractivity (Wildman–Crippen MR) is 129 cm³/mol. The number of nitrogens with zero attached hydrogens (tertiary/aromatic N) is 3. The van der Waals surface area contributed by atoms with Crippen LogP contribution in [0.15, 0.2) is 54.6 Å². The van der Waals surface area contributed by atoms with E-state index in [1.165, 1.54) is 48.5 Å². The van der Waals surface area contributed by atoms with Crippen LogP contribution in [-0.2, 0) is 14.4 Å². The van der Waals surface area contributed by atoms with Crippen LogP contribution in [0.5, 0.6) is 0 Å². The predicted octanol–water partition coefficient (Wildman–Crippen LogP) is 2.06. The van der Waals surface area contributed by atoms with E-state index in [0.29, 0.717) is 10.9 Å². The van der Waals surface area contributed by atoms with Crippen molar-refractivity contribution in [3.05, 3.63) is 81.8 Å². The van der Waals surface area contributed by atoms with Crippen molar-refractivity contribution in [2.75, 3.05) is 13.1 Å². The van der Waals surface area contributed by atoms with Gasteiger partial charge in [-0.3, -0.25) is 29.3 Å². The van der Waals surface area contributed by atoms with Crippen molar-refractivity contribution in [1.29, 1.82) is 0 Å². The van der Waals surface area contributed by atoms with Gasteiger partial charge in [0.05, 0.1) is 35.1 Å². The number of likely N-dealkylation sites (tertiary alicyclic amines) is 1. The third kappa shape index (κ3) is 5.58. The van der Waals surface area contributed by atoms with Gasteiger partial charge in [0, 0.05) is 17.9 Å². The number of rotatable bonds is 7. The van der Waals surface area contributed by atoms with Gasteiger partial charge in [-0.1, -0.05) is 24.3 Å². The largest absolute Gasteiger partial charge is 0.348 e. The molecule has 1 aliphatic rings. The molecule has 1 aromatic heterocycles. The normalized spacial score (nSPS) is 15.9. The van der Waals surface area contributed by atoms with E-state index in [1.54, 1.807) is 13.0 Å². The molecule has 1 fully saturated rings. The first kappa shape index (κ1) is 25.4. The quantitative estimate of drug-likeness (QED) is 0.367. The molecule has 0 radical (unpaired) electrons. The summed E-state index contributed by atoms with van der Waals surface area (Å²) in [5.74, 6) is -2.72. The van der Waals surface area contributed by atoms with Gasteiger partial charge in [0.1, 0.15) is 17.6 Å².